The first-order chi connectivity index (χ1) is 9.11. The van der Waals surface area contributed by atoms with Gasteiger partial charge in [0.25, 0.3) is 0 Å². The van der Waals surface area contributed by atoms with Crippen molar-refractivity contribution in [1.29, 1.82) is 0 Å². The number of ether oxygens (including phenoxy) is 1. The smallest absolute Gasteiger partial charge is 0.171 e. The van der Waals surface area contributed by atoms with Crippen LogP contribution in [-0.4, -0.2) is 17.8 Å². The maximum Gasteiger partial charge on any atom is 0.171 e. The van der Waals surface area contributed by atoms with Crippen LogP contribution in [-0.2, 0) is 0 Å². The Labute approximate surface area is 128 Å². The molecule has 1 aromatic rings. The molecule has 0 aromatic heterocycles. The number of hydrogen-bond donors (Lipinski definition) is 2. The van der Waals surface area contributed by atoms with E-state index in [1.165, 1.54) is 0 Å². The molecule has 0 aliphatic carbocycles. The van der Waals surface area contributed by atoms with Crippen LogP contribution in [0.2, 0.25) is 0 Å². The van der Waals surface area contributed by atoms with Gasteiger partial charge in [0.15, 0.2) is 5.11 Å². The Bertz CT molecular complexity index is 447. The van der Waals surface area contributed by atoms with Gasteiger partial charge in [-0.3, -0.25) is 0 Å². The maximum atomic E-state index is 5.38. The summed E-state index contributed by atoms with van der Waals surface area (Å²) in [6.45, 7) is 11.0. The van der Waals surface area contributed by atoms with Crippen molar-refractivity contribution in [3.8, 4) is 5.75 Å². The largest absolute Gasteiger partial charge is 0.497 e. The van der Waals surface area contributed by atoms with Gasteiger partial charge in [-0.1, -0.05) is 20.8 Å². The first kappa shape index (κ1) is 16.8. The molecule has 4 heteroatoms. The molecule has 3 nitrogen and oxygen atoms in total. The third-order valence-corrected chi connectivity index (χ3v) is 2.98. The quantitative estimate of drug-likeness (QED) is 0.816. The van der Waals surface area contributed by atoms with Crippen LogP contribution in [0.4, 0.5) is 5.69 Å². The SMILES string of the molecule is COc1ccc(NC(=S)NC(C)(C)CC(C)(C)C)cc1. The highest BCUT2D eigenvalue weighted by atomic mass is 32.1. The molecular formula is C16H26N2OS. The zero-order valence-corrected chi connectivity index (χ0v) is 14.1. The zero-order chi connectivity index (χ0) is 15.4. The molecule has 2 N–H and O–H groups in total. The van der Waals surface area contributed by atoms with Crippen molar-refractivity contribution >= 4 is 23.0 Å². The molecule has 0 aliphatic heterocycles. The van der Waals surface area contributed by atoms with Gasteiger partial charge in [0.05, 0.1) is 7.11 Å². The lowest BCUT2D eigenvalue weighted by Gasteiger charge is -2.34. The Morgan fingerprint density at radius 2 is 1.65 bits per heavy atom. The molecular weight excluding hydrogens is 268 g/mol. The first-order valence-corrected chi connectivity index (χ1v) is 7.25. The molecule has 1 aromatic carbocycles. The minimum Gasteiger partial charge on any atom is -0.497 e. The van der Waals surface area contributed by atoms with Gasteiger partial charge < -0.3 is 15.4 Å². The highest BCUT2D eigenvalue weighted by Crippen LogP contribution is 2.26. The second kappa shape index (κ2) is 6.44. The number of hydrogen-bond acceptors (Lipinski definition) is 2. The summed E-state index contributed by atoms with van der Waals surface area (Å²) in [5.41, 5.74) is 1.16. The lowest BCUT2D eigenvalue weighted by atomic mass is 9.82. The average Bonchev–Trinajstić information content (AvgIpc) is 2.25. The number of benzene rings is 1. The second-order valence-corrected chi connectivity index (χ2v) is 7.34. The number of nitrogens with one attached hydrogen (secondary N) is 2. The van der Waals surface area contributed by atoms with Gasteiger partial charge in [-0.25, -0.2) is 0 Å². The Morgan fingerprint density at radius 3 is 2.10 bits per heavy atom. The molecule has 0 amide bonds. The van der Waals surface area contributed by atoms with Crippen molar-refractivity contribution in [3.05, 3.63) is 24.3 Å². The van der Waals surface area contributed by atoms with E-state index in [9.17, 15) is 0 Å². The monoisotopic (exact) mass is 294 g/mol. The molecule has 0 saturated carbocycles. The Morgan fingerprint density at radius 1 is 1.10 bits per heavy atom. The van der Waals surface area contributed by atoms with Gasteiger partial charge in [0.2, 0.25) is 0 Å². The van der Waals surface area contributed by atoms with E-state index in [0.717, 1.165) is 17.9 Å². The van der Waals surface area contributed by atoms with Crippen molar-refractivity contribution in [3.63, 3.8) is 0 Å². The van der Waals surface area contributed by atoms with Crippen molar-refractivity contribution in [1.82, 2.24) is 5.32 Å². The van der Waals surface area contributed by atoms with Gasteiger partial charge in [-0.15, -0.1) is 0 Å². The Balaban J connectivity index is 2.58. The van der Waals surface area contributed by atoms with E-state index < -0.39 is 0 Å². The van der Waals surface area contributed by atoms with Crippen LogP contribution < -0.4 is 15.4 Å². The number of thiocarbonyl (C=S) groups is 1. The molecule has 0 bridgehead atoms. The summed E-state index contributed by atoms with van der Waals surface area (Å²) in [7, 11) is 1.66. The van der Waals surface area contributed by atoms with Crippen molar-refractivity contribution in [2.45, 2.75) is 46.6 Å². The molecule has 0 atom stereocenters. The maximum absolute atomic E-state index is 5.38. The standard InChI is InChI=1S/C16H26N2OS/c1-15(2,3)11-16(4,5)18-14(20)17-12-7-9-13(19-6)10-8-12/h7-10H,11H2,1-6H3,(H2,17,18,20). The van der Waals surface area contributed by atoms with Crippen LogP contribution in [0.5, 0.6) is 5.75 Å². The third kappa shape index (κ3) is 6.24. The lowest BCUT2D eigenvalue weighted by Crippen LogP contribution is -2.47. The molecule has 0 saturated heterocycles. The highest BCUT2D eigenvalue weighted by Gasteiger charge is 2.25. The predicted molar refractivity (Wildman–Crippen MR) is 90.5 cm³/mol. The number of anilines is 1. The van der Waals surface area contributed by atoms with Crippen LogP contribution in [0.15, 0.2) is 24.3 Å². The van der Waals surface area contributed by atoms with E-state index in [1.807, 2.05) is 24.3 Å². The third-order valence-electron chi connectivity index (χ3n) is 2.77. The zero-order valence-electron chi connectivity index (χ0n) is 13.3. The molecule has 1 rings (SSSR count). The summed E-state index contributed by atoms with van der Waals surface area (Å²) in [4.78, 5) is 0. The number of methoxy groups -OCH3 is 1. The fraction of sp³-hybridized carbons (Fsp3) is 0.562. The summed E-state index contributed by atoms with van der Waals surface area (Å²) < 4.78 is 5.13. The lowest BCUT2D eigenvalue weighted by molar-refractivity contribution is 0.268. The van der Waals surface area contributed by atoms with Crippen LogP contribution in [0.3, 0.4) is 0 Å². The summed E-state index contributed by atoms with van der Waals surface area (Å²) in [6.07, 6.45) is 1.03. The summed E-state index contributed by atoms with van der Waals surface area (Å²) >= 11 is 5.38. The van der Waals surface area contributed by atoms with Gasteiger partial charge in [0, 0.05) is 11.2 Å². The van der Waals surface area contributed by atoms with Crippen molar-refractivity contribution in [2.24, 2.45) is 5.41 Å². The van der Waals surface area contributed by atoms with Gasteiger partial charge in [-0.2, -0.15) is 0 Å². The summed E-state index contributed by atoms with van der Waals surface area (Å²) in [6, 6.07) is 7.71. The number of rotatable bonds is 4. The van der Waals surface area contributed by atoms with Crippen LogP contribution in [0.25, 0.3) is 0 Å². The minimum atomic E-state index is -0.0468. The summed E-state index contributed by atoms with van der Waals surface area (Å²) in [5, 5.41) is 7.22. The fourth-order valence-electron chi connectivity index (χ4n) is 2.51. The van der Waals surface area contributed by atoms with Gasteiger partial charge in [-0.05, 0) is 62.2 Å². The van der Waals surface area contributed by atoms with E-state index in [0.29, 0.717) is 5.11 Å². The second-order valence-electron chi connectivity index (χ2n) is 6.93. The molecule has 0 fully saturated rings. The van der Waals surface area contributed by atoms with E-state index in [-0.39, 0.29) is 11.0 Å². The Hall–Kier alpha value is -1.29. The van der Waals surface area contributed by atoms with Crippen LogP contribution in [0.1, 0.15) is 41.0 Å². The summed E-state index contributed by atoms with van der Waals surface area (Å²) in [5.74, 6) is 0.836. The van der Waals surface area contributed by atoms with Crippen molar-refractivity contribution < 1.29 is 4.74 Å². The molecule has 0 heterocycles. The minimum absolute atomic E-state index is 0.0468. The molecule has 0 spiro atoms. The van der Waals surface area contributed by atoms with Crippen molar-refractivity contribution in [2.75, 3.05) is 12.4 Å². The van der Waals surface area contributed by atoms with E-state index >= 15 is 0 Å². The predicted octanol–water partition coefficient (Wildman–Crippen LogP) is 4.20. The molecule has 0 unspecified atom stereocenters. The molecule has 0 aliphatic rings. The molecule has 0 radical (unpaired) electrons. The van der Waals surface area contributed by atoms with Gasteiger partial charge in [0.1, 0.15) is 5.75 Å². The molecule has 20 heavy (non-hydrogen) atoms. The molecule has 112 valence electrons. The normalized spacial score (nSPS) is 11.9. The average molecular weight is 294 g/mol. The van der Waals surface area contributed by atoms with Crippen LogP contribution in [0, 0.1) is 5.41 Å². The van der Waals surface area contributed by atoms with Gasteiger partial charge >= 0.3 is 0 Å². The first-order valence-electron chi connectivity index (χ1n) is 6.84. The van der Waals surface area contributed by atoms with E-state index in [2.05, 4.69) is 45.3 Å². The highest BCUT2D eigenvalue weighted by molar-refractivity contribution is 7.80. The fourth-order valence-corrected chi connectivity index (χ4v) is 2.91. The van der Waals surface area contributed by atoms with Crippen LogP contribution >= 0.6 is 12.2 Å². The topological polar surface area (TPSA) is 33.3 Å². The van der Waals surface area contributed by atoms with E-state index in [4.69, 9.17) is 17.0 Å². The Kier molecular flexibility index (Phi) is 5.40. The van der Waals surface area contributed by atoms with E-state index in [1.54, 1.807) is 7.11 Å².